The van der Waals surface area contributed by atoms with Crippen molar-refractivity contribution >= 4 is 22.5 Å². The fourth-order valence-corrected chi connectivity index (χ4v) is 2.12. The summed E-state index contributed by atoms with van der Waals surface area (Å²) in [5.41, 5.74) is 0. The van der Waals surface area contributed by atoms with Crippen LogP contribution in [-0.2, 0) is 4.79 Å². The molecule has 2 N–H and O–H groups in total. The van der Waals surface area contributed by atoms with E-state index in [1.54, 1.807) is 6.20 Å². The van der Waals surface area contributed by atoms with Crippen molar-refractivity contribution in [1.29, 1.82) is 0 Å². The maximum Gasteiger partial charge on any atom is 0.223 e. The van der Waals surface area contributed by atoms with Crippen LogP contribution in [0.15, 0.2) is 36.5 Å². The van der Waals surface area contributed by atoms with Crippen LogP contribution >= 0.6 is 0 Å². The Hall–Kier alpha value is -2.10. The molecule has 0 bridgehead atoms. The lowest BCUT2D eigenvalue weighted by atomic mass is 10.1. The number of hydrogen-bond donors (Lipinski definition) is 2. The molecule has 1 aromatic carbocycles. The predicted octanol–water partition coefficient (Wildman–Crippen LogP) is 2.17. The van der Waals surface area contributed by atoms with E-state index in [1.807, 2.05) is 24.3 Å². The molecule has 98 valence electrons. The topological polar surface area (TPSA) is 54.0 Å². The second-order valence-electron chi connectivity index (χ2n) is 4.87. The number of nitrogens with one attached hydrogen (secondary N) is 2. The van der Waals surface area contributed by atoms with Crippen molar-refractivity contribution in [3.8, 4) is 0 Å². The van der Waals surface area contributed by atoms with Crippen LogP contribution in [0.5, 0.6) is 0 Å². The van der Waals surface area contributed by atoms with Gasteiger partial charge in [0.05, 0.1) is 0 Å². The molecule has 1 aliphatic rings. The molecule has 1 amide bonds. The van der Waals surface area contributed by atoms with Gasteiger partial charge in [-0.25, -0.2) is 4.98 Å². The number of rotatable bonds is 5. The molecule has 3 rings (SSSR count). The molecule has 1 fully saturated rings. The van der Waals surface area contributed by atoms with Crippen molar-refractivity contribution in [2.45, 2.75) is 12.8 Å². The monoisotopic (exact) mass is 255 g/mol. The maximum atomic E-state index is 11.5. The number of amides is 1. The lowest BCUT2D eigenvalue weighted by Gasteiger charge is -2.09. The number of carbonyl (C=O) groups is 1. The van der Waals surface area contributed by atoms with Gasteiger partial charge in [0.1, 0.15) is 5.82 Å². The minimum atomic E-state index is 0.188. The predicted molar refractivity (Wildman–Crippen MR) is 76.0 cm³/mol. The van der Waals surface area contributed by atoms with Gasteiger partial charge in [-0.3, -0.25) is 4.79 Å². The Morgan fingerprint density at radius 2 is 2.05 bits per heavy atom. The molecule has 1 aromatic heterocycles. The van der Waals surface area contributed by atoms with E-state index in [4.69, 9.17) is 0 Å². The third-order valence-corrected chi connectivity index (χ3v) is 3.34. The Morgan fingerprint density at radius 1 is 1.21 bits per heavy atom. The summed E-state index contributed by atoms with van der Waals surface area (Å²) in [7, 11) is 0. The Morgan fingerprint density at radius 3 is 2.89 bits per heavy atom. The van der Waals surface area contributed by atoms with E-state index in [-0.39, 0.29) is 11.8 Å². The van der Waals surface area contributed by atoms with Crippen LogP contribution in [0.3, 0.4) is 0 Å². The van der Waals surface area contributed by atoms with Crippen LogP contribution in [0, 0.1) is 5.92 Å². The van der Waals surface area contributed by atoms with Crippen LogP contribution < -0.4 is 10.6 Å². The molecule has 4 heteroatoms. The summed E-state index contributed by atoms with van der Waals surface area (Å²) in [6, 6.07) is 10.1. The Balaban J connectivity index is 1.57. The second kappa shape index (κ2) is 5.26. The molecule has 0 saturated heterocycles. The van der Waals surface area contributed by atoms with E-state index in [9.17, 15) is 4.79 Å². The molecule has 0 aliphatic heterocycles. The fraction of sp³-hybridized carbons (Fsp3) is 0.333. The van der Waals surface area contributed by atoms with Crippen LogP contribution in [0.2, 0.25) is 0 Å². The van der Waals surface area contributed by atoms with E-state index >= 15 is 0 Å². The van der Waals surface area contributed by atoms with Gasteiger partial charge >= 0.3 is 0 Å². The summed E-state index contributed by atoms with van der Waals surface area (Å²) in [6.07, 6.45) is 3.89. The smallest absolute Gasteiger partial charge is 0.223 e. The van der Waals surface area contributed by atoms with Gasteiger partial charge in [0.2, 0.25) is 5.91 Å². The van der Waals surface area contributed by atoms with Crippen molar-refractivity contribution < 1.29 is 4.79 Å². The number of carbonyl (C=O) groups excluding carboxylic acids is 1. The molecule has 0 unspecified atom stereocenters. The Labute approximate surface area is 112 Å². The average Bonchev–Trinajstić information content (AvgIpc) is 3.28. The van der Waals surface area contributed by atoms with Gasteiger partial charge in [0.25, 0.3) is 0 Å². The fourth-order valence-electron chi connectivity index (χ4n) is 2.12. The standard InChI is InChI=1S/C15H17N3O/c19-15(12-5-6-12)18-10-9-17-14-13-4-2-1-3-11(13)7-8-16-14/h1-4,7-8,12H,5-6,9-10H2,(H,16,17)(H,18,19). The van der Waals surface area contributed by atoms with Gasteiger partial charge in [-0.1, -0.05) is 24.3 Å². The van der Waals surface area contributed by atoms with Crippen molar-refractivity contribution in [3.63, 3.8) is 0 Å². The highest BCUT2D eigenvalue weighted by atomic mass is 16.2. The average molecular weight is 255 g/mol. The highest BCUT2D eigenvalue weighted by Gasteiger charge is 2.28. The van der Waals surface area contributed by atoms with Crippen molar-refractivity contribution in [2.75, 3.05) is 18.4 Å². The molecule has 0 radical (unpaired) electrons. The minimum absolute atomic E-state index is 0.188. The van der Waals surface area contributed by atoms with E-state index < -0.39 is 0 Å². The quantitative estimate of drug-likeness (QED) is 0.805. The molecule has 0 spiro atoms. The van der Waals surface area contributed by atoms with E-state index in [1.165, 1.54) is 5.39 Å². The van der Waals surface area contributed by atoms with E-state index in [2.05, 4.69) is 21.7 Å². The molecule has 1 aliphatic carbocycles. The normalized spacial score (nSPS) is 14.3. The number of pyridine rings is 1. The minimum Gasteiger partial charge on any atom is -0.368 e. The summed E-state index contributed by atoms with van der Waals surface area (Å²) >= 11 is 0. The van der Waals surface area contributed by atoms with Gasteiger partial charge < -0.3 is 10.6 Å². The summed E-state index contributed by atoms with van der Waals surface area (Å²) in [6.45, 7) is 1.33. The van der Waals surface area contributed by atoms with E-state index in [0.717, 1.165) is 24.0 Å². The van der Waals surface area contributed by atoms with Gasteiger partial charge in [0.15, 0.2) is 0 Å². The Bertz CT molecular complexity index is 587. The van der Waals surface area contributed by atoms with Crippen molar-refractivity contribution in [1.82, 2.24) is 10.3 Å². The van der Waals surface area contributed by atoms with Crippen molar-refractivity contribution in [3.05, 3.63) is 36.5 Å². The van der Waals surface area contributed by atoms with Gasteiger partial charge in [-0.2, -0.15) is 0 Å². The van der Waals surface area contributed by atoms with Gasteiger partial charge in [-0.05, 0) is 24.3 Å². The molecule has 4 nitrogen and oxygen atoms in total. The Kier molecular flexibility index (Phi) is 3.31. The molecular weight excluding hydrogens is 238 g/mol. The zero-order valence-corrected chi connectivity index (χ0v) is 10.7. The van der Waals surface area contributed by atoms with Crippen LogP contribution in [-0.4, -0.2) is 24.0 Å². The summed E-state index contributed by atoms with van der Waals surface area (Å²) in [5, 5.41) is 8.49. The number of aromatic nitrogens is 1. The van der Waals surface area contributed by atoms with Crippen LogP contribution in [0.1, 0.15) is 12.8 Å². The summed E-state index contributed by atoms with van der Waals surface area (Å²) < 4.78 is 0. The first-order valence-electron chi connectivity index (χ1n) is 6.70. The first-order valence-corrected chi connectivity index (χ1v) is 6.70. The zero-order valence-electron chi connectivity index (χ0n) is 10.7. The van der Waals surface area contributed by atoms with E-state index in [0.29, 0.717) is 13.1 Å². The number of fused-ring (bicyclic) bond motifs is 1. The number of benzene rings is 1. The SMILES string of the molecule is O=C(NCCNc1nccc2ccccc12)C1CC1. The van der Waals surface area contributed by atoms with Crippen LogP contribution in [0.25, 0.3) is 10.8 Å². The number of hydrogen-bond acceptors (Lipinski definition) is 3. The summed E-state index contributed by atoms with van der Waals surface area (Å²) in [4.78, 5) is 15.8. The van der Waals surface area contributed by atoms with Gasteiger partial charge in [0, 0.05) is 30.6 Å². The number of anilines is 1. The van der Waals surface area contributed by atoms with Crippen molar-refractivity contribution in [2.24, 2.45) is 5.92 Å². The third kappa shape index (κ3) is 2.84. The van der Waals surface area contributed by atoms with Crippen LogP contribution in [0.4, 0.5) is 5.82 Å². The maximum absolute atomic E-state index is 11.5. The molecule has 2 aromatic rings. The van der Waals surface area contributed by atoms with Gasteiger partial charge in [-0.15, -0.1) is 0 Å². The molecule has 19 heavy (non-hydrogen) atoms. The number of nitrogens with zero attached hydrogens (tertiary/aromatic N) is 1. The molecule has 0 atom stereocenters. The summed E-state index contributed by atoms with van der Waals surface area (Å²) in [5.74, 6) is 1.34. The highest BCUT2D eigenvalue weighted by molar-refractivity contribution is 5.91. The first-order chi connectivity index (χ1) is 9.34. The molecular formula is C15H17N3O. The molecule has 1 saturated carbocycles. The zero-order chi connectivity index (χ0) is 13.1. The third-order valence-electron chi connectivity index (χ3n) is 3.34. The lowest BCUT2D eigenvalue weighted by Crippen LogP contribution is -2.29. The molecule has 1 heterocycles. The largest absolute Gasteiger partial charge is 0.368 e. The second-order valence-corrected chi connectivity index (χ2v) is 4.87. The first kappa shape index (κ1) is 12.0. The lowest BCUT2D eigenvalue weighted by molar-refractivity contribution is -0.122. The highest BCUT2D eigenvalue weighted by Crippen LogP contribution is 2.28.